The van der Waals surface area contributed by atoms with E-state index in [0.29, 0.717) is 31.1 Å². The highest BCUT2D eigenvalue weighted by Gasteiger charge is 2.25. The fourth-order valence-corrected chi connectivity index (χ4v) is 4.30. The molecule has 1 aromatic carbocycles. The Morgan fingerprint density at radius 1 is 1.30 bits per heavy atom. The van der Waals surface area contributed by atoms with E-state index in [1.807, 2.05) is 24.3 Å². The maximum absolute atomic E-state index is 12.3. The average molecular weight is 354 g/mol. The molecule has 1 aromatic heterocycles. The van der Waals surface area contributed by atoms with Crippen molar-refractivity contribution in [3.05, 3.63) is 24.3 Å². The van der Waals surface area contributed by atoms with Crippen molar-refractivity contribution in [2.45, 2.75) is 18.9 Å². The zero-order chi connectivity index (χ0) is 16.4. The fraction of sp³-hybridized carbons (Fsp3) is 0.429. The van der Waals surface area contributed by atoms with Gasteiger partial charge in [-0.3, -0.25) is 5.32 Å². The Morgan fingerprint density at radius 2 is 2.00 bits per heavy atom. The molecule has 1 aliphatic rings. The van der Waals surface area contributed by atoms with E-state index in [1.165, 1.54) is 11.3 Å². The van der Waals surface area contributed by atoms with Gasteiger partial charge in [0.05, 0.1) is 16.5 Å². The number of amides is 2. The summed E-state index contributed by atoms with van der Waals surface area (Å²) < 4.78 is 26.1. The number of hydrogen-bond acceptors (Lipinski definition) is 5. The van der Waals surface area contributed by atoms with Crippen molar-refractivity contribution in [3.8, 4) is 0 Å². The summed E-state index contributed by atoms with van der Waals surface area (Å²) in [4.78, 5) is 18.3. The van der Waals surface area contributed by atoms with Gasteiger partial charge >= 0.3 is 6.03 Å². The molecule has 3 rings (SSSR count). The van der Waals surface area contributed by atoms with Crippen LogP contribution in [0.3, 0.4) is 0 Å². The van der Waals surface area contributed by atoms with Crippen LogP contribution in [0.1, 0.15) is 12.8 Å². The number of fused-ring (bicyclic) bond motifs is 1. The Labute approximate surface area is 138 Å². The van der Waals surface area contributed by atoms with Crippen molar-refractivity contribution >= 4 is 42.7 Å². The number of anilines is 1. The van der Waals surface area contributed by atoms with Gasteiger partial charge in [0.1, 0.15) is 0 Å². The number of rotatable bonds is 3. The second-order valence-electron chi connectivity index (χ2n) is 5.57. The second kappa shape index (κ2) is 6.42. The van der Waals surface area contributed by atoms with Crippen LogP contribution in [0.2, 0.25) is 0 Å². The van der Waals surface area contributed by atoms with Crippen LogP contribution >= 0.6 is 11.3 Å². The van der Waals surface area contributed by atoms with Gasteiger partial charge in [-0.25, -0.2) is 22.9 Å². The molecule has 1 aliphatic heterocycles. The number of nitrogens with zero attached hydrogens (tertiary/aromatic N) is 2. The summed E-state index contributed by atoms with van der Waals surface area (Å²) in [7, 11) is -3.20. The number of urea groups is 1. The molecule has 0 bridgehead atoms. The standard InChI is InChI=1S/C14H18N4O3S2/c1-23(20,21)17-10-6-8-18(9-7-10)14(19)16-13-15-11-4-2-3-5-12(11)22-13/h2-5,10,17H,6-9H2,1H3,(H,15,16,19). The molecule has 0 aliphatic carbocycles. The van der Waals surface area contributed by atoms with Crippen molar-refractivity contribution < 1.29 is 13.2 Å². The minimum absolute atomic E-state index is 0.100. The number of thiazole rings is 1. The zero-order valence-corrected chi connectivity index (χ0v) is 14.3. The van der Waals surface area contributed by atoms with Gasteiger partial charge in [0, 0.05) is 19.1 Å². The fourth-order valence-electron chi connectivity index (χ4n) is 2.60. The average Bonchev–Trinajstić information content (AvgIpc) is 2.88. The first-order chi connectivity index (χ1) is 10.9. The molecule has 9 heteroatoms. The molecule has 2 heterocycles. The van der Waals surface area contributed by atoms with E-state index in [9.17, 15) is 13.2 Å². The van der Waals surface area contributed by atoms with E-state index in [1.54, 1.807) is 4.90 Å². The number of sulfonamides is 1. The molecule has 0 spiro atoms. The molecule has 2 aromatic rings. The number of piperidine rings is 1. The van der Waals surface area contributed by atoms with Crippen LogP contribution in [0.15, 0.2) is 24.3 Å². The largest absolute Gasteiger partial charge is 0.324 e. The summed E-state index contributed by atoms with van der Waals surface area (Å²) in [5.41, 5.74) is 0.865. The van der Waals surface area contributed by atoms with Crippen LogP contribution in [0, 0.1) is 0 Å². The molecule has 7 nitrogen and oxygen atoms in total. The maximum atomic E-state index is 12.3. The van der Waals surface area contributed by atoms with Crippen molar-refractivity contribution in [2.75, 3.05) is 24.7 Å². The molecular formula is C14H18N4O3S2. The molecule has 0 unspecified atom stereocenters. The van der Waals surface area contributed by atoms with Gasteiger partial charge in [0.2, 0.25) is 10.0 Å². The molecule has 0 atom stereocenters. The highest BCUT2D eigenvalue weighted by molar-refractivity contribution is 7.88. The first kappa shape index (κ1) is 16.2. The molecule has 23 heavy (non-hydrogen) atoms. The van der Waals surface area contributed by atoms with Gasteiger partial charge in [-0.2, -0.15) is 0 Å². The van der Waals surface area contributed by atoms with Crippen molar-refractivity contribution in [2.24, 2.45) is 0 Å². The van der Waals surface area contributed by atoms with E-state index in [4.69, 9.17) is 0 Å². The highest BCUT2D eigenvalue weighted by atomic mass is 32.2. The Balaban J connectivity index is 1.57. The van der Waals surface area contributed by atoms with Crippen LogP contribution in [-0.2, 0) is 10.0 Å². The molecule has 1 saturated heterocycles. The molecule has 124 valence electrons. The van der Waals surface area contributed by atoms with Gasteiger partial charge in [-0.05, 0) is 25.0 Å². The minimum atomic E-state index is -3.20. The van der Waals surface area contributed by atoms with Gasteiger partial charge < -0.3 is 4.90 Å². The van der Waals surface area contributed by atoms with Gasteiger partial charge in [-0.1, -0.05) is 23.5 Å². The normalized spacial score (nSPS) is 16.7. The summed E-state index contributed by atoms with van der Waals surface area (Å²) in [6.45, 7) is 1.04. The summed E-state index contributed by atoms with van der Waals surface area (Å²) >= 11 is 1.44. The monoisotopic (exact) mass is 354 g/mol. The van der Waals surface area contributed by atoms with Gasteiger partial charge in [-0.15, -0.1) is 0 Å². The van der Waals surface area contributed by atoms with Crippen LogP contribution in [-0.4, -0.2) is 49.7 Å². The lowest BCUT2D eigenvalue weighted by Crippen LogP contribution is -2.47. The maximum Gasteiger partial charge on any atom is 0.323 e. The molecule has 2 N–H and O–H groups in total. The summed E-state index contributed by atoms with van der Waals surface area (Å²) in [5, 5.41) is 3.40. The predicted molar refractivity (Wildman–Crippen MR) is 91.2 cm³/mol. The number of para-hydroxylation sites is 1. The lowest BCUT2D eigenvalue weighted by Gasteiger charge is -2.31. The summed E-state index contributed by atoms with van der Waals surface area (Å²) in [6.07, 6.45) is 2.37. The van der Waals surface area contributed by atoms with E-state index in [-0.39, 0.29) is 12.1 Å². The van der Waals surface area contributed by atoms with Crippen molar-refractivity contribution in [3.63, 3.8) is 0 Å². The van der Waals surface area contributed by atoms with Crippen molar-refractivity contribution in [1.29, 1.82) is 0 Å². The number of carbonyl (C=O) groups excluding carboxylic acids is 1. The number of hydrogen-bond donors (Lipinski definition) is 2. The van der Waals surface area contributed by atoms with Crippen LogP contribution < -0.4 is 10.0 Å². The zero-order valence-electron chi connectivity index (χ0n) is 12.7. The first-order valence-corrected chi connectivity index (χ1v) is 10.0. The molecule has 0 saturated carbocycles. The summed E-state index contributed by atoms with van der Waals surface area (Å²) in [5.74, 6) is 0. The van der Waals surface area contributed by atoms with E-state index in [2.05, 4.69) is 15.0 Å². The van der Waals surface area contributed by atoms with Crippen LogP contribution in [0.4, 0.5) is 9.93 Å². The predicted octanol–water partition coefficient (Wildman–Crippen LogP) is 1.84. The quantitative estimate of drug-likeness (QED) is 0.880. The van der Waals surface area contributed by atoms with Crippen molar-refractivity contribution in [1.82, 2.24) is 14.6 Å². The third-order valence-electron chi connectivity index (χ3n) is 3.67. The Morgan fingerprint density at radius 3 is 2.65 bits per heavy atom. The number of benzene rings is 1. The molecule has 2 amide bonds. The topological polar surface area (TPSA) is 91.4 Å². The highest BCUT2D eigenvalue weighted by Crippen LogP contribution is 2.25. The van der Waals surface area contributed by atoms with Crippen LogP contribution in [0.25, 0.3) is 10.2 Å². The van der Waals surface area contributed by atoms with Gasteiger partial charge in [0.25, 0.3) is 0 Å². The second-order valence-corrected chi connectivity index (χ2v) is 8.38. The number of likely N-dealkylation sites (tertiary alicyclic amines) is 1. The molecule has 0 radical (unpaired) electrons. The number of nitrogens with one attached hydrogen (secondary N) is 2. The Bertz CT molecular complexity index is 777. The number of carbonyl (C=O) groups is 1. The lowest BCUT2D eigenvalue weighted by molar-refractivity contribution is 0.193. The smallest absolute Gasteiger partial charge is 0.323 e. The van der Waals surface area contributed by atoms with E-state index >= 15 is 0 Å². The molecule has 1 fully saturated rings. The van der Waals surface area contributed by atoms with Crippen LogP contribution in [0.5, 0.6) is 0 Å². The third-order valence-corrected chi connectivity index (χ3v) is 5.38. The first-order valence-electron chi connectivity index (χ1n) is 7.29. The SMILES string of the molecule is CS(=O)(=O)NC1CCN(C(=O)Nc2nc3ccccc3s2)CC1. The third kappa shape index (κ3) is 4.18. The Hall–Kier alpha value is -1.71. The Kier molecular flexibility index (Phi) is 4.51. The minimum Gasteiger partial charge on any atom is -0.324 e. The van der Waals surface area contributed by atoms with E-state index < -0.39 is 10.0 Å². The molecular weight excluding hydrogens is 336 g/mol. The van der Waals surface area contributed by atoms with Gasteiger partial charge in [0.15, 0.2) is 5.13 Å². The summed E-state index contributed by atoms with van der Waals surface area (Å²) in [6, 6.07) is 7.42. The van der Waals surface area contributed by atoms with E-state index in [0.717, 1.165) is 16.5 Å². The number of aromatic nitrogens is 1. The lowest BCUT2D eigenvalue weighted by atomic mass is 10.1.